The minimum Gasteiger partial charge on any atom is -0.501 e. The number of carbonyl (C=O) groups is 2. The number of rotatable bonds is 6. The third-order valence-corrected chi connectivity index (χ3v) is 4.79. The lowest BCUT2D eigenvalue weighted by Crippen LogP contribution is -2.37. The number of benzene rings is 1. The second kappa shape index (κ2) is 8.03. The van der Waals surface area contributed by atoms with E-state index in [4.69, 9.17) is 10.8 Å². The maximum atomic E-state index is 12.4. The van der Waals surface area contributed by atoms with Crippen molar-refractivity contribution in [1.82, 2.24) is 9.97 Å². The highest BCUT2D eigenvalue weighted by Gasteiger charge is 2.21. The highest BCUT2D eigenvalue weighted by molar-refractivity contribution is 7.14. The van der Waals surface area contributed by atoms with Gasteiger partial charge in [-0.3, -0.25) is 9.59 Å². The van der Waals surface area contributed by atoms with E-state index in [1.54, 1.807) is 11.4 Å². The minimum atomic E-state index is -1.54. The number of thiophene rings is 1. The molecule has 9 nitrogen and oxygen atoms in total. The topological polar surface area (TPSA) is 158 Å². The third kappa shape index (κ3) is 4.08. The van der Waals surface area contributed by atoms with Crippen LogP contribution in [-0.4, -0.2) is 38.1 Å². The molecule has 0 radical (unpaired) electrons. The number of aromatic nitrogens is 2. The fourth-order valence-corrected chi connectivity index (χ4v) is 3.30. The molecule has 6 N–H and O–H groups in total. The lowest BCUT2D eigenvalue weighted by Gasteiger charge is -2.13. The van der Waals surface area contributed by atoms with Crippen LogP contribution in [0.5, 0.6) is 5.75 Å². The molecule has 0 unspecified atom stereocenters. The smallest absolute Gasteiger partial charge is 0.358 e. The third-order valence-electron chi connectivity index (χ3n) is 3.87. The zero-order chi connectivity index (χ0) is 20.3. The first-order valence-electron chi connectivity index (χ1n) is 8.11. The van der Waals surface area contributed by atoms with Crippen molar-refractivity contribution in [2.75, 3.05) is 5.32 Å². The van der Waals surface area contributed by atoms with Gasteiger partial charge in [0.05, 0.1) is 16.6 Å². The first kappa shape index (κ1) is 19.3. The number of carboxylic acid groups (broad SMARTS) is 1. The molecule has 0 spiro atoms. The maximum absolute atomic E-state index is 12.4. The maximum Gasteiger partial charge on any atom is 0.358 e. The molecular weight excluding hydrogens is 384 g/mol. The van der Waals surface area contributed by atoms with Crippen LogP contribution in [0.2, 0.25) is 0 Å². The molecule has 0 aliphatic carbocycles. The molecule has 1 amide bonds. The van der Waals surface area contributed by atoms with Gasteiger partial charge in [0.15, 0.2) is 11.5 Å². The Hall–Kier alpha value is -3.50. The van der Waals surface area contributed by atoms with Crippen LogP contribution in [0.15, 0.2) is 46.6 Å². The van der Waals surface area contributed by atoms with E-state index in [9.17, 15) is 19.5 Å². The number of carbonyl (C=O) groups excluding carboxylic acids is 1. The number of H-pyrrole nitrogens is 1. The Morgan fingerprint density at radius 3 is 2.64 bits per heavy atom. The number of nitrogens with one attached hydrogen (secondary N) is 2. The van der Waals surface area contributed by atoms with Crippen LogP contribution in [0.4, 0.5) is 5.69 Å². The summed E-state index contributed by atoms with van der Waals surface area (Å²) in [7, 11) is 0. The van der Waals surface area contributed by atoms with E-state index < -0.39 is 34.9 Å². The number of aromatic carboxylic acids is 1. The summed E-state index contributed by atoms with van der Waals surface area (Å²) >= 11 is 1.13. The van der Waals surface area contributed by atoms with Crippen LogP contribution in [0.25, 0.3) is 10.7 Å². The Morgan fingerprint density at radius 2 is 1.96 bits per heavy atom. The van der Waals surface area contributed by atoms with Gasteiger partial charge in [0.2, 0.25) is 11.7 Å². The van der Waals surface area contributed by atoms with E-state index in [2.05, 4.69) is 15.3 Å². The monoisotopic (exact) mass is 400 g/mol. The highest BCUT2D eigenvalue weighted by atomic mass is 32.1. The number of anilines is 1. The van der Waals surface area contributed by atoms with Crippen molar-refractivity contribution in [2.24, 2.45) is 5.73 Å². The Labute approximate surface area is 162 Å². The Bertz CT molecular complexity index is 1080. The SMILES string of the molecule is N[C@@H](Cc1ccccc1)C(=O)Nc1ccsc1-c1nc(C(=O)O)c(O)c(=O)[nH]1. The van der Waals surface area contributed by atoms with Gasteiger partial charge in [-0.25, -0.2) is 9.78 Å². The lowest BCUT2D eigenvalue weighted by molar-refractivity contribution is -0.117. The van der Waals surface area contributed by atoms with Crippen LogP contribution in [0, 0.1) is 0 Å². The summed E-state index contributed by atoms with van der Waals surface area (Å²) < 4.78 is 0. The molecule has 0 fully saturated rings. The summed E-state index contributed by atoms with van der Waals surface area (Å²) in [6.45, 7) is 0. The van der Waals surface area contributed by atoms with E-state index in [-0.39, 0.29) is 5.82 Å². The predicted octanol–water partition coefficient (Wildman–Crippen LogP) is 1.41. The molecule has 0 bridgehead atoms. The van der Waals surface area contributed by atoms with Crippen molar-refractivity contribution in [1.29, 1.82) is 0 Å². The number of nitrogens with zero attached hydrogens (tertiary/aromatic N) is 1. The van der Waals surface area contributed by atoms with E-state index in [1.807, 2.05) is 30.3 Å². The Morgan fingerprint density at radius 1 is 1.25 bits per heavy atom. The number of hydrogen-bond acceptors (Lipinski definition) is 7. The van der Waals surface area contributed by atoms with Crippen molar-refractivity contribution >= 4 is 28.9 Å². The largest absolute Gasteiger partial charge is 0.501 e. The second-order valence-electron chi connectivity index (χ2n) is 5.87. The fourth-order valence-electron chi connectivity index (χ4n) is 2.50. The fraction of sp³-hybridized carbons (Fsp3) is 0.111. The highest BCUT2D eigenvalue weighted by Crippen LogP contribution is 2.31. The van der Waals surface area contributed by atoms with Crippen molar-refractivity contribution in [2.45, 2.75) is 12.5 Å². The van der Waals surface area contributed by atoms with Crippen molar-refractivity contribution in [3.63, 3.8) is 0 Å². The predicted molar refractivity (Wildman–Crippen MR) is 104 cm³/mol. The molecule has 0 aliphatic rings. The number of carboxylic acids is 1. The molecule has 28 heavy (non-hydrogen) atoms. The summed E-state index contributed by atoms with van der Waals surface area (Å²) in [5.41, 5.74) is 5.44. The first-order chi connectivity index (χ1) is 13.4. The van der Waals surface area contributed by atoms with Crippen LogP contribution in [0.3, 0.4) is 0 Å². The van der Waals surface area contributed by atoms with Crippen molar-refractivity contribution < 1.29 is 19.8 Å². The molecular formula is C18H16N4O5S. The summed E-state index contributed by atoms with van der Waals surface area (Å²) in [5, 5.41) is 22.9. The zero-order valence-electron chi connectivity index (χ0n) is 14.4. The van der Waals surface area contributed by atoms with Crippen molar-refractivity contribution in [3.05, 3.63) is 63.4 Å². The molecule has 0 saturated carbocycles. The van der Waals surface area contributed by atoms with Gasteiger partial charge >= 0.3 is 5.97 Å². The second-order valence-corrected chi connectivity index (χ2v) is 6.78. The first-order valence-corrected chi connectivity index (χ1v) is 8.99. The van der Waals surface area contributed by atoms with Gasteiger partial charge in [0.1, 0.15) is 0 Å². The summed E-state index contributed by atoms with van der Waals surface area (Å²) in [5.74, 6) is -3.05. The molecule has 1 atom stereocenters. The summed E-state index contributed by atoms with van der Waals surface area (Å²) in [6.07, 6.45) is 0.337. The quantitative estimate of drug-likeness (QED) is 0.418. The standard InChI is InChI=1S/C18H16N4O5S/c19-10(8-9-4-2-1-3-5-9)16(24)20-11-6-7-28-14(11)15-21-12(18(26)27)13(23)17(25)22-15/h1-7,10,23H,8,19H2,(H,20,24)(H,26,27)(H,21,22,25)/t10-/m0/s1. The van der Waals surface area contributed by atoms with Crippen molar-refractivity contribution in [3.8, 4) is 16.5 Å². The van der Waals surface area contributed by atoms with Crippen LogP contribution in [-0.2, 0) is 11.2 Å². The van der Waals surface area contributed by atoms with Gasteiger partial charge in [-0.2, -0.15) is 0 Å². The molecule has 144 valence electrons. The van der Waals surface area contributed by atoms with Crippen LogP contribution >= 0.6 is 11.3 Å². The van der Waals surface area contributed by atoms with E-state index >= 15 is 0 Å². The average Bonchev–Trinajstić information content (AvgIpc) is 3.12. The van der Waals surface area contributed by atoms with E-state index in [0.29, 0.717) is 17.0 Å². The number of amides is 1. The molecule has 2 heterocycles. The number of nitrogens with two attached hydrogens (primary N) is 1. The normalized spacial score (nSPS) is 11.8. The average molecular weight is 400 g/mol. The molecule has 0 saturated heterocycles. The zero-order valence-corrected chi connectivity index (χ0v) is 15.2. The van der Waals surface area contributed by atoms with Gasteiger partial charge < -0.3 is 26.2 Å². The van der Waals surface area contributed by atoms with Gasteiger partial charge in [-0.05, 0) is 23.4 Å². The van der Waals surface area contributed by atoms with Crippen LogP contribution < -0.4 is 16.6 Å². The molecule has 3 aromatic rings. The van der Waals surface area contributed by atoms with E-state index in [1.165, 1.54) is 0 Å². The van der Waals surface area contributed by atoms with Gasteiger partial charge in [0.25, 0.3) is 5.56 Å². The number of hydrogen-bond donors (Lipinski definition) is 5. The van der Waals surface area contributed by atoms with E-state index in [0.717, 1.165) is 16.9 Å². The van der Waals surface area contributed by atoms with Gasteiger partial charge in [-0.15, -0.1) is 11.3 Å². The van der Waals surface area contributed by atoms with Gasteiger partial charge in [-0.1, -0.05) is 30.3 Å². The summed E-state index contributed by atoms with van der Waals surface area (Å²) in [6, 6.07) is 10.1. The molecule has 3 rings (SSSR count). The van der Waals surface area contributed by atoms with Gasteiger partial charge in [0, 0.05) is 0 Å². The molecule has 1 aromatic carbocycles. The number of aromatic amines is 1. The number of aromatic hydroxyl groups is 1. The van der Waals surface area contributed by atoms with Crippen LogP contribution in [0.1, 0.15) is 16.1 Å². The molecule has 10 heteroatoms. The minimum absolute atomic E-state index is 0.0814. The Kier molecular flexibility index (Phi) is 5.52. The lowest BCUT2D eigenvalue weighted by atomic mass is 10.1. The summed E-state index contributed by atoms with van der Waals surface area (Å²) in [4.78, 5) is 41.8. The molecule has 2 aromatic heterocycles. The Balaban J connectivity index is 1.84. The molecule has 0 aliphatic heterocycles.